The Morgan fingerprint density at radius 2 is 1.96 bits per heavy atom. The number of aryl methyl sites for hydroxylation is 2. The Hall–Kier alpha value is -2.36. The number of hydrogen-bond acceptors (Lipinski definition) is 4. The van der Waals surface area contributed by atoms with Crippen molar-refractivity contribution < 1.29 is 22.8 Å². The van der Waals surface area contributed by atoms with Gasteiger partial charge in [0.15, 0.2) is 5.69 Å². The van der Waals surface area contributed by atoms with E-state index in [4.69, 9.17) is 5.73 Å². The van der Waals surface area contributed by atoms with Gasteiger partial charge in [-0.1, -0.05) is 0 Å². The molecule has 0 aromatic carbocycles. The van der Waals surface area contributed by atoms with E-state index >= 15 is 0 Å². The van der Waals surface area contributed by atoms with Gasteiger partial charge in [-0.05, 0) is 32.4 Å². The predicted octanol–water partition coefficient (Wildman–Crippen LogP) is 2.63. The monoisotopic (exact) mass is 360 g/mol. The zero-order chi connectivity index (χ0) is 18.2. The highest BCUT2D eigenvalue weighted by Gasteiger charge is 2.34. The summed E-state index contributed by atoms with van der Waals surface area (Å²) in [7, 11) is 0. The second kappa shape index (κ2) is 6.27. The maximum atomic E-state index is 12.6. The molecule has 0 saturated heterocycles. The van der Waals surface area contributed by atoms with Gasteiger partial charge in [0.25, 0.3) is 5.91 Å². The van der Waals surface area contributed by atoms with Crippen LogP contribution in [0.4, 0.5) is 18.2 Å². The number of rotatable bonds is 4. The molecule has 3 N–H and O–H groups in total. The van der Waals surface area contributed by atoms with Gasteiger partial charge in [-0.15, -0.1) is 11.3 Å². The number of nitrogens with one attached hydrogen (secondary N) is 1. The van der Waals surface area contributed by atoms with Crippen LogP contribution in [0, 0.1) is 20.8 Å². The zero-order valence-electron chi connectivity index (χ0n) is 13.1. The molecule has 2 aromatic rings. The highest BCUT2D eigenvalue weighted by molar-refractivity contribution is 7.16. The summed E-state index contributed by atoms with van der Waals surface area (Å²) < 4.78 is 38.8. The van der Waals surface area contributed by atoms with Crippen LogP contribution in [-0.4, -0.2) is 21.6 Å². The van der Waals surface area contributed by atoms with Gasteiger partial charge in [-0.25, -0.2) is 0 Å². The van der Waals surface area contributed by atoms with Crippen molar-refractivity contribution in [2.45, 2.75) is 33.5 Å². The lowest BCUT2D eigenvalue weighted by atomic mass is 10.1. The number of amides is 2. The van der Waals surface area contributed by atoms with Crippen LogP contribution in [0.5, 0.6) is 0 Å². The number of thiophene rings is 1. The molecular weight excluding hydrogens is 345 g/mol. The van der Waals surface area contributed by atoms with Crippen LogP contribution >= 0.6 is 11.3 Å². The maximum Gasteiger partial charge on any atom is 0.435 e. The number of hydrogen-bond donors (Lipinski definition) is 2. The number of nitrogens with two attached hydrogens (primary N) is 1. The number of halogens is 3. The lowest BCUT2D eigenvalue weighted by Gasteiger charge is -2.07. The Morgan fingerprint density at radius 1 is 1.33 bits per heavy atom. The fourth-order valence-electron chi connectivity index (χ4n) is 2.12. The largest absolute Gasteiger partial charge is 0.435 e. The number of carbonyl (C=O) groups is 2. The Morgan fingerprint density at radius 3 is 2.46 bits per heavy atom. The van der Waals surface area contributed by atoms with Crippen molar-refractivity contribution in [2.75, 3.05) is 5.32 Å². The fraction of sp³-hybridized carbons (Fsp3) is 0.357. The Balaban J connectivity index is 2.20. The average Bonchev–Trinajstić information content (AvgIpc) is 2.91. The highest BCUT2D eigenvalue weighted by Crippen LogP contribution is 2.32. The van der Waals surface area contributed by atoms with E-state index in [0.29, 0.717) is 5.56 Å². The van der Waals surface area contributed by atoms with Crippen molar-refractivity contribution in [1.29, 1.82) is 0 Å². The van der Waals surface area contributed by atoms with Gasteiger partial charge in [0, 0.05) is 10.6 Å². The number of primary amides is 1. The zero-order valence-corrected chi connectivity index (χ0v) is 13.9. The number of aromatic nitrogens is 2. The first-order chi connectivity index (χ1) is 11.0. The number of anilines is 1. The molecule has 0 saturated carbocycles. The SMILES string of the molecule is Cc1sc(NC(=O)Cn2nc(C(F)(F)F)cc2C)c(C(N)=O)c1C. The van der Waals surface area contributed by atoms with Gasteiger partial charge in [-0.3, -0.25) is 14.3 Å². The molecule has 24 heavy (non-hydrogen) atoms. The molecule has 0 radical (unpaired) electrons. The van der Waals surface area contributed by atoms with Crippen LogP contribution in [0.1, 0.15) is 32.2 Å². The van der Waals surface area contributed by atoms with Crippen molar-refractivity contribution in [3.63, 3.8) is 0 Å². The van der Waals surface area contributed by atoms with E-state index < -0.39 is 30.2 Å². The first kappa shape index (κ1) is 18.0. The van der Waals surface area contributed by atoms with Gasteiger partial charge in [0.2, 0.25) is 5.91 Å². The van der Waals surface area contributed by atoms with Crippen molar-refractivity contribution in [1.82, 2.24) is 9.78 Å². The second-order valence-electron chi connectivity index (χ2n) is 5.23. The lowest BCUT2D eigenvalue weighted by molar-refractivity contribution is -0.141. The van der Waals surface area contributed by atoms with Crippen LogP contribution < -0.4 is 11.1 Å². The Bertz CT molecular complexity index is 808. The molecule has 2 aromatic heterocycles. The van der Waals surface area contributed by atoms with Gasteiger partial charge in [-0.2, -0.15) is 18.3 Å². The molecule has 6 nitrogen and oxygen atoms in total. The molecule has 0 bridgehead atoms. The molecular formula is C14H15F3N4O2S. The summed E-state index contributed by atoms with van der Waals surface area (Å²) >= 11 is 1.18. The topological polar surface area (TPSA) is 90.0 Å². The van der Waals surface area contributed by atoms with Crippen molar-refractivity contribution in [3.05, 3.63) is 33.5 Å². The van der Waals surface area contributed by atoms with E-state index in [1.165, 1.54) is 18.3 Å². The summed E-state index contributed by atoms with van der Waals surface area (Å²) in [6.45, 7) is 4.49. The van der Waals surface area contributed by atoms with Gasteiger partial charge in [0.1, 0.15) is 11.5 Å². The number of carbonyl (C=O) groups excluding carboxylic acids is 2. The molecule has 0 spiro atoms. The van der Waals surface area contributed by atoms with E-state index in [1.807, 2.05) is 0 Å². The van der Waals surface area contributed by atoms with Crippen molar-refractivity contribution in [3.8, 4) is 0 Å². The minimum absolute atomic E-state index is 0.200. The Labute approximate surface area is 139 Å². The molecule has 130 valence electrons. The lowest BCUT2D eigenvalue weighted by Crippen LogP contribution is -2.22. The summed E-state index contributed by atoms with van der Waals surface area (Å²) in [5.74, 6) is -1.28. The molecule has 0 atom stereocenters. The molecule has 0 aliphatic carbocycles. The minimum Gasteiger partial charge on any atom is -0.365 e. The van der Waals surface area contributed by atoms with E-state index in [2.05, 4.69) is 10.4 Å². The summed E-state index contributed by atoms with van der Waals surface area (Å²) in [6.07, 6.45) is -4.58. The van der Waals surface area contributed by atoms with Crippen molar-refractivity contribution >= 4 is 28.2 Å². The molecule has 2 amide bonds. The van der Waals surface area contributed by atoms with Crippen LogP contribution in [0.25, 0.3) is 0 Å². The normalized spacial score (nSPS) is 11.6. The van der Waals surface area contributed by atoms with Crippen LogP contribution in [0.2, 0.25) is 0 Å². The summed E-state index contributed by atoms with van der Waals surface area (Å²) in [4.78, 5) is 24.4. The van der Waals surface area contributed by atoms with Gasteiger partial charge in [0.05, 0.1) is 5.56 Å². The highest BCUT2D eigenvalue weighted by atomic mass is 32.1. The fourth-order valence-corrected chi connectivity index (χ4v) is 3.20. The predicted molar refractivity (Wildman–Crippen MR) is 82.9 cm³/mol. The van der Waals surface area contributed by atoms with E-state index in [9.17, 15) is 22.8 Å². The summed E-state index contributed by atoms with van der Waals surface area (Å²) in [5.41, 5.74) is 5.32. The van der Waals surface area contributed by atoms with E-state index in [-0.39, 0.29) is 16.3 Å². The molecule has 2 rings (SSSR count). The smallest absolute Gasteiger partial charge is 0.365 e. The van der Waals surface area contributed by atoms with E-state index in [1.54, 1.807) is 13.8 Å². The minimum atomic E-state index is -4.58. The summed E-state index contributed by atoms with van der Waals surface area (Å²) in [6, 6.07) is 0.863. The van der Waals surface area contributed by atoms with Gasteiger partial charge >= 0.3 is 6.18 Å². The molecule has 10 heteroatoms. The quantitative estimate of drug-likeness (QED) is 0.878. The van der Waals surface area contributed by atoms with Crippen LogP contribution in [0.3, 0.4) is 0 Å². The van der Waals surface area contributed by atoms with E-state index in [0.717, 1.165) is 15.6 Å². The molecule has 0 aliphatic heterocycles. The summed E-state index contributed by atoms with van der Waals surface area (Å²) in [5, 5.41) is 6.18. The number of alkyl halides is 3. The first-order valence-electron chi connectivity index (χ1n) is 6.82. The van der Waals surface area contributed by atoms with Crippen molar-refractivity contribution in [2.24, 2.45) is 5.73 Å². The second-order valence-corrected chi connectivity index (χ2v) is 6.45. The first-order valence-corrected chi connectivity index (χ1v) is 7.63. The van der Waals surface area contributed by atoms with Crippen LogP contribution in [-0.2, 0) is 17.5 Å². The number of nitrogens with zero attached hydrogens (tertiary/aromatic N) is 2. The van der Waals surface area contributed by atoms with Gasteiger partial charge < -0.3 is 11.1 Å². The molecule has 0 unspecified atom stereocenters. The molecule has 2 heterocycles. The average molecular weight is 360 g/mol. The molecule has 0 aliphatic rings. The van der Waals surface area contributed by atoms with Crippen LogP contribution in [0.15, 0.2) is 6.07 Å². The Kier molecular flexibility index (Phi) is 4.70. The third-order valence-electron chi connectivity index (χ3n) is 3.45. The molecule has 0 fully saturated rings. The third kappa shape index (κ3) is 3.58. The third-order valence-corrected chi connectivity index (χ3v) is 4.57. The standard InChI is InChI=1S/C14H15F3N4O2S/c1-6-4-9(14(15,16)17)20-21(6)5-10(22)19-13-11(12(18)23)7(2)8(3)24-13/h4H,5H2,1-3H3,(H2,18,23)(H,19,22). The maximum absolute atomic E-state index is 12.6.